The van der Waals surface area contributed by atoms with Crippen LogP contribution in [-0.2, 0) is 13.0 Å². The first kappa shape index (κ1) is 17.7. The lowest BCUT2D eigenvalue weighted by atomic mass is 10.1. The Bertz CT molecular complexity index is 818. The van der Waals surface area contributed by atoms with Crippen LogP contribution in [0.4, 0.5) is 19.3 Å². The summed E-state index contributed by atoms with van der Waals surface area (Å²) in [6, 6.07) is 5.51. The minimum absolute atomic E-state index is 0.150. The van der Waals surface area contributed by atoms with E-state index in [4.69, 9.17) is 4.74 Å². The van der Waals surface area contributed by atoms with Crippen molar-refractivity contribution in [1.29, 1.82) is 0 Å². The van der Waals surface area contributed by atoms with Gasteiger partial charge in [-0.2, -0.15) is 8.78 Å². The summed E-state index contributed by atoms with van der Waals surface area (Å²) < 4.78 is 32.2. The van der Waals surface area contributed by atoms with Gasteiger partial charge in [-0.05, 0) is 23.8 Å². The zero-order valence-corrected chi connectivity index (χ0v) is 14.8. The number of carbonyl (C=O) groups excluding carboxylic acids is 1. The zero-order valence-electron chi connectivity index (χ0n) is 14.8. The molecule has 0 atom stereocenters. The summed E-state index contributed by atoms with van der Waals surface area (Å²) in [6.45, 7) is 0.733. The number of hydrogen-bond acceptors (Lipinski definition) is 4. The number of fused-ring (bicyclic) bond motifs is 1. The average molecular weight is 377 g/mol. The number of benzene rings is 1. The Morgan fingerprint density at radius 3 is 2.85 bits per heavy atom. The van der Waals surface area contributed by atoms with Gasteiger partial charge in [0.1, 0.15) is 11.6 Å². The van der Waals surface area contributed by atoms with Crippen molar-refractivity contribution in [1.82, 2.24) is 19.4 Å². The quantitative estimate of drug-likeness (QED) is 0.890. The highest BCUT2D eigenvalue weighted by atomic mass is 19.3. The molecule has 0 bridgehead atoms. The van der Waals surface area contributed by atoms with Crippen LogP contribution in [0.2, 0.25) is 0 Å². The predicted octanol–water partition coefficient (Wildman–Crippen LogP) is 2.56. The fourth-order valence-corrected chi connectivity index (χ4v) is 3.42. The molecule has 27 heavy (non-hydrogen) atoms. The number of alkyl halides is 2. The molecule has 9 heteroatoms. The van der Waals surface area contributed by atoms with Crippen molar-refractivity contribution in [2.24, 2.45) is 0 Å². The van der Waals surface area contributed by atoms with Crippen LogP contribution in [0.25, 0.3) is 0 Å². The van der Waals surface area contributed by atoms with Crippen molar-refractivity contribution in [3.8, 4) is 5.75 Å². The molecule has 7 nitrogen and oxygen atoms in total. The number of ether oxygens (including phenoxy) is 1. The van der Waals surface area contributed by atoms with Gasteiger partial charge in [-0.3, -0.25) is 9.47 Å². The topological polar surface area (TPSA) is 62.6 Å². The Hall–Kier alpha value is -2.68. The highest BCUT2D eigenvalue weighted by Gasteiger charge is 2.23. The second kappa shape index (κ2) is 7.51. The molecule has 0 unspecified atom stereocenters. The fraction of sp³-hybridized carbons (Fsp3) is 0.444. The Morgan fingerprint density at radius 2 is 2.07 bits per heavy atom. The van der Waals surface area contributed by atoms with Gasteiger partial charge in [0.25, 0.3) is 0 Å². The maximum Gasteiger partial charge on any atom is 0.321 e. The molecule has 1 aromatic carbocycles. The van der Waals surface area contributed by atoms with Gasteiger partial charge in [0.15, 0.2) is 0 Å². The summed E-state index contributed by atoms with van der Waals surface area (Å²) in [6.07, 6.45) is 3.52. The van der Waals surface area contributed by atoms with E-state index < -0.39 is 6.55 Å². The van der Waals surface area contributed by atoms with Crippen LogP contribution in [0, 0.1) is 0 Å². The van der Waals surface area contributed by atoms with Crippen LogP contribution in [0.15, 0.2) is 30.6 Å². The van der Waals surface area contributed by atoms with Gasteiger partial charge in [-0.25, -0.2) is 9.78 Å². The Balaban J connectivity index is 1.30. The molecule has 0 radical (unpaired) electrons. The molecule has 1 N–H and O–H groups in total. The van der Waals surface area contributed by atoms with Crippen molar-refractivity contribution in [2.45, 2.75) is 19.5 Å². The van der Waals surface area contributed by atoms with Gasteiger partial charge in [-0.1, -0.05) is 0 Å². The molecule has 0 saturated carbocycles. The highest BCUT2D eigenvalue weighted by molar-refractivity contribution is 5.89. The largest absolute Gasteiger partial charge is 0.493 e. The Morgan fingerprint density at radius 1 is 1.26 bits per heavy atom. The minimum atomic E-state index is -2.59. The molecule has 0 aliphatic carbocycles. The Labute approximate surface area is 155 Å². The zero-order chi connectivity index (χ0) is 18.8. The van der Waals surface area contributed by atoms with E-state index in [1.165, 1.54) is 12.4 Å². The lowest BCUT2D eigenvalue weighted by Gasteiger charge is -2.34. The molecule has 2 amide bonds. The number of hydrogen-bond donors (Lipinski definition) is 1. The molecule has 2 aliphatic heterocycles. The first-order chi connectivity index (χ1) is 13.1. The Kier molecular flexibility index (Phi) is 4.93. The first-order valence-electron chi connectivity index (χ1n) is 8.94. The summed E-state index contributed by atoms with van der Waals surface area (Å²) in [5.41, 5.74) is 1.86. The van der Waals surface area contributed by atoms with Crippen LogP contribution in [0.1, 0.15) is 17.9 Å². The standard InChI is InChI=1S/C18H21F2N5O2/c19-17(20)25-5-4-21-16(25)12-23-6-8-24(9-7-23)18(26)22-14-1-2-15-13(11-14)3-10-27-15/h1-2,4-5,11,17H,3,6-10,12H2,(H,22,26). The number of carbonyl (C=O) groups is 1. The molecule has 2 aliphatic rings. The molecule has 1 fully saturated rings. The third kappa shape index (κ3) is 3.87. The van der Waals surface area contributed by atoms with E-state index >= 15 is 0 Å². The number of imidazole rings is 1. The van der Waals surface area contributed by atoms with Crippen LogP contribution in [-0.4, -0.2) is 58.2 Å². The van der Waals surface area contributed by atoms with E-state index in [2.05, 4.69) is 10.3 Å². The number of aromatic nitrogens is 2. The van der Waals surface area contributed by atoms with E-state index in [1.807, 2.05) is 23.1 Å². The van der Waals surface area contributed by atoms with Gasteiger partial charge in [0.05, 0.1) is 13.2 Å². The molecular weight excluding hydrogens is 356 g/mol. The van der Waals surface area contributed by atoms with Crippen molar-refractivity contribution in [3.63, 3.8) is 0 Å². The summed E-state index contributed by atoms with van der Waals surface area (Å²) >= 11 is 0. The highest BCUT2D eigenvalue weighted by Crippen LogP contribution is 2.28. The minimum Gasteiger partial charge on any atom is -0.493 e. The van der Waals surface area contributed by atoms with E-state index in [0.29, 0.717) is 45.2 Å². The maximum atomic E-state index is 12.9. The second-order valence-electron chi connectivity index (χ2n) is 6.64. The molecular formula is C18H21F2N5O2. The van der Waals surface area contributed by atoms with Gasteiger partial charge in [-0.15, -0.1) is 0 Å². The fourth-order valence-electron chi connectivity index (χ4n) is 3.42. The molecule has 144 valence electrons. The summed E-state index contributed by atoms with van der Waals surface area (Å²) in [7, 11) is 0. The molecule has 0 spiro atoms. The van der Waals surface area contributed by atoms with Crippen molar-refractivity contribution < 1.29 is 18.3 Å². The van der Waals surface area contributed by atoms with Crippen molar-refractivity contribution >= 4 is 11.7 Å². The van der Waals surface area contributed by atoms with Gasteiger partial charge >= 0.3 is 12.6 Å². The summed E-state index contributed by atoms with van der Waals surface area (Å²) in [4.78, 5) is 20.3. The first-order valence-corrected chi connectivity index (χ1v) is 8.94. The van der Waals surface area contributed by atoms with Crippen LogP contribution in [0.5, 0.6) is 5.75 Å². The number of nitrogens with zero attached hydrogens (tertiary/aromatic N) is 4. The molecule has 4 rings (SSSR count). The predicted molar refractivity (Wildman–Crippen MR) is 95.0 cm³/mol. The van der Waals surface area contributed by atoms with E-state index in [1.54, 1.807) is 4.90 Å². The molecule has 1 saturated heterocycles. The number of piperazine rings is 1. The van der Waals surface area contributed by atoms with Gasteiger partial charge < -0.3 is 15.0 Å². The normalized spacial score (nSPS) is 17.1. The van der Waals surface area contributed by atoms with E-state index in [-0.39, 0.29) is 6.03 Å². The van der Waals surface area contributed by atoms with E-state index in [0.717, 1.165) is 28.0 Å². The monoisotopic (exact) mass is 377 g/mol. The van der Waals surface area contributed by atoms with Crippen LogP contribution >= 0.6 is 0 Å². The maximum absolute atomic E-state index is 12.9. The van der Waals surface area contributed by atoms with Crippen molar-refractivity contribution in [3.05, 3.63) is 42.0 Å². The molecule has 3 heterocycles. The van der Waals surface area contributed by atoms with Crippen LogP contribution < -0.4 is 10.1 Å². The average Bonchev–Trinajstić information content (AvgIpc) is 3.31. The van der Waals surface area contributed by atoms with E-state index in [9.17, 15) is 13.6 Å². The number of nitrogens with one attached hydrogen (secondary N) is 1. The lowest BCUT2D eigenvalue weighted by Crippen LogP contribution is -2.49. The van der Waals surface area contributed by atoms with Crippen molar-refractivity contribution in [2.75, 3.05) is 38.1 Å². The summed E-state index contributed by atoms with van der Waals surface area (Å²) in [5, 5.41) is 2.92. The smallest absolute Gasteiger partial charge is 0.321 e. The number of amides is 2. The third-order valence-corrected chi connectivity index (χ3v) is 4.92. The number of rotatable bonds is 4. The van der Waals surface area contributed by atoms with Gasteiger partial charge in [0.2, 0.25) is 0 Å². The lowest BCUT2D eigenvalue weighted by molar-refractivity contribution is 0.0620. The third-order valence-electron chi connectivity index (χ3n) is 4.92. The second-order valence-corrected chi connectivity index (χ2v) is 6.64. The van der Waals surface area contributed by atoms with Crippen LogP contribution in [0.3, 0.4) is 0 Å². The number of urea groups is 1. The SMILES string of the molecule is O=C(Nc1ccc2c(c1)CCO2)N1CCN(Cc2nccn2C(F)F)CC1. The number of anilines is 1. The van der Waals surface area contributed by atoms with Gasteiger partial charge in [0, 0.05) is 50.7 Å². The molecule has 1 aromatic heterocycles. The molecule has 2 aromatic rings. The summed E-state index contributed by atoms with van der Waals surface area (Å²) in [5.74, 6) is 1.21. The number of halogens is 2.